The van der Waals surface area contributed by atoms with E-state index in [1.54, 1.807) is 11.3 Å². The number of rotatable bonds is 3. The van der Waals surface area contributed by atoms with Crippen LogP contribution in [0.5, 0.6) is 5.75 Å². The first kappa shape index (κ1) is 20.3. The third-order valence-electron chi connectivity index (χ3n) is 5.27. The van der Waals surface area contributed by atoms with Crippen LogP contribution in [0.3, 0.4) is 0 Å². The van der Waals surface area contributed by atoms with Crippen LogP contribution in [-0.2, 0) is 17.3 Å². The molecule has 1 atom stereocenters. The lowest BCUT2D eigenvalue weighted by atomic mass is 9.78. The van der Waals surface area contributed by atoms with Gasteiger partial charge in [-0.25, -0.2) is 4.98 Å². The number of hydrogen-bond donors (Lipinski definition) is 3. The summed E-state index contributed by atoms with van der Waals surface area (Å²) in [5.41, 5.74) is 2.82. The summed E-state index contributed by atoms with van der Waals surface area (Å²) in [6.45, 7) is 14.2. The van der Waals surface area contributed by atoms with Crippen LogP contribution in [0.4, 0.5) is 0 Å². The van der Waals surface area contributed by atoms with Crippen LogP contribution in [0, 0.1) is 0 Å². The molecule has 1 fully saturated rings. The lowest BCUT2D eigenvalue weighted by molar-refractivity contribution is 0.0618. The maximum atomic E-state index is 10.9. The number of thiazole rings is 1. The van der Waals surface area contributed by atoms with Gasteiger partial charge in [0.1, 0.15) is 5.75 Å². The molecule has 5 heteroatoms. The van der Waals surface area contributed by atoms with Crippen molar-refractivity contribution in [3.05, 3.63) is 33.6 Å². The molecule has 1 aliphatic rings. The molecule has 3 rings (SSSR count). The lowest BCUT2D eigenvalue weighted by Gasteiger charge is -2.28. The largest absolute Gasteiger partial charge is 0.507 e. The van der Waals surface area contributed by atoms with Crippen LogP contribution in [0.15, 0.2) is 17.5 Å². The van der Waals surface area contributed by atoms with Gasteiger partial charge >= 0.3 is 0 Å². The van der Waals surface area contributed by atoms with Crippen molar-refractivity contribution in [3.8, 4) is 17.0 Å². The van der Waals surface area contributed by atoms with Gasteiger partial charge in [0.05, 0.1) is 16.3 Å². The van der Waals surface area contributed by atoms with Gasteiger partial charge in [0.2, 0.25) is 0 Å². The number of β-amino-alcohol motifs (C(OH)–C–C–N with tert-alkyl or cyclic N) is 1. The van der Waals surface area contributed by atoms with E-state index in [0.29, 0.717) is 18.7 Å². The van der Waals surface area contributed by atoms with Crippen molar-refractivity contribution in [2.24, 2.45) is 0 Å². The van der Waals surface area contributed by atoms with E-state index in [1.807, 2.05) is 0 Å². The second-order valence-corrected chi connectivity index (χ2v) is 10.8. The first-order valence-corrected chi connectivity index (χ1v) is 10.5. The topological polar surface area (TPSA) is 65.4 Å². The number of hydrogen-bond acceptors (Lipinski definition) is 5. The smallest absolute Gasteiger partial charge is 0.123 e. The molecule has 0 aliphatic carbocycles. The van der Waals surface area contributed by atoms with E-state index < -0.39 is 5.60 Å². The first-order chi connectivity index (χ1) is 12.4. The normalized spacial score (nSPS) is 21.0. The molecule has 1 aromatic carbocycles. The van der Waals surface area contributed by atoms with E-state index in [4.69, 9.17) is 4.98 Å². The Morgan fingerprint density at radius 2 is 1.70 bits per heavy atom. The highest BCUT2D eigenvalue weighted by Crippen LogP contribution is 2.42. The maximum Gasteiger partial charge on any atom is 0.123 e. The van der Waals surface area contributed by atoms with Gasteiger partial charge in [0, 0.05) is 35.0 Å². The quantitative estimate of drug-likeness (QED) is 0.730. The maximum absolute atomic E-state index is 10.9. The molecule has 1 aliphatic heterocycles. The van der Waals surface area contributed by atoms with Crippen LogP contribution in [0.25, 0.3) is 11.3 Å². The van der Waals surface area contributed by atoms with E-state index >= 15 is 0 Å². The molecule has 0 saturated carbocycles. The van der Waals surface area contributed by atoms with Crippen molar-refractivity contribution in [1.29, 1.82) is 0 Å². The number of aromatic nitrogens is 1. The van der Waals surface area contributed by atoms with Gasteiger partial charge in [-0.1, -0.05) is 41.5 Å². The molecule has 0 bridgehead atoms. The summed E-state index contributed by atoms with van der Waals surface area (Å²) >= 11 is 1.60. The second kappa shape index (κ2) is 6.87. The molecular formula is C22H32N2O2S. The number of phenols is 1. The average Bonchev–Trinajstić information content (AvgIpc) is 3.15. The van der Waals surface area contributed by atoms with E-state index in [1.165, 1.54) is 0 Å². The summed E-state index contributed by atoms with van der Waals surface area (Å²) in [6.07, 6.45) is 1.35. The molecular weight excluding hydrogens is 356 g/mol. The highest BCUT2D eigenvalue weighted by molar-refractivity contribution is 7.10. The fourth-order valence-electron chi connectivity index (χ4n) is 3.61. The Bertz CT molecular complexity index is 787. The molecule has 2 heterocycles. The van der Waals surface area contributed by atoms with Gasteiger partial charge in [-0.2, -0.15) is 0 Å². The summed E-state index contributed by atoms with van der Waals surface area (Å²) in [5, 5.41) is 27.8. The van der Waals surface area contributed by atoms with E-state index in [0.717, 1.165) is 40.4 Å². The fourth-order valence-corrected chi connectivity index (χ4v) is 4.55. The number of phenolic OH excluding ortho intramolecular Hbond substituents is 1. The summed E-state index contributed by atoms with van der Waals surface area (Å²) in [4.78, 5) is 4.81. The number of nitrogens with one attached hydrogen (secondary N) is 1. The van der Waals surface area contributed by atoms with Crippen LogP contribution < -0.4 is 5.32 Å². The predicted octanol–water partition coefficient (Wildman–Crippen LogP) is 4.38. The highest BCUT2D eigenvalue weighted by atomic mass is 32.1. The summed E-state index contributed by atoms with van der Waals surface area (Å²) in [7, 11) is 0. The van der Waals surface area contributed by atoms with E-state index in [2.05, 4.69) is 64.4 Å². The third-order valence-corrected chi connectivity index (χ3v) is 6.12. The van der Waals surface area contributed by atoms with Crippen LogP contribution in [-0.4, -0.2) is 33.9 Å². The predicted molar refractivity (Wildman–Crippen MR) is 113 cm³/mol. The number of nitrogens with zero attached hydrogens (tertiary/aromatic N) is 1. The molecule has 0 spiro atoms. The monoisotopic (exact) mass is 388 g/mol. The Morgan fingerprint density at radius 1 is 1.11 bits per heavy atom. The molecule has 0 unspecified atom stereocenters. The van der Waals surface area contributed by atoms with E-state index in [-0.39, 0.29) is 10.8 Å². The zero-order valence-corrected chi connectivity index (χ0v) is 18.1. The van der Waals surface area contributed by atoms with E-state index in [9.17, 15) is 10.2 Å². The minimum Gasteiger partial charge on any atom is -0.507 e. The molecule has 1 aromatic heterocycles. The highest BCUT2D eigenvalue weighted by Gasteiger charge is 2.32. The SMILES string of the molecule is CC(C)(C)c1cc(-c2csc(C[C@]3(O)CCNC3)n2)cc(C(C)(C)C)c1O. The van der Waals surface area contributed by atoms with Crippen molar-refractivity contribution < 1.29 is 10.2 Å². The average molecular weight is 389 g/mol. The molecule has 4 nitrogen and oxygen atoms in total. The Labute approximate surface area is 166 Å². The Morgan fingerprint density at radius 3 is 2.19 bits per heavy atom. The summed E-state index contributed by atoms with van der Waals surface area (Å²) in [5.74, 6) is 0.389. The van der Waals surface area contributed by atoms with Crippen LogP contribution >= 0.6 is 11.3 Å². The third kappa shape index (κ3) is 4.36. The summed E-state index contributed by atoms with van der Waals surface area (Å²) in [6, 6.07) is 4.13. The summed E-state index contributed by atoms with van der Waals surface area (Å²) < 4.78 is 0. The molecule has 1 saturated heterocycles. The molecule has 2 aromatic rings. The minimum atomic E-state index is -0.683. The standard InChI is InChI=1S/C22H32N2O2S/c1-20(2,3)15-9-14(10-16(19(15)25)21(4,5)6)17-12-27-18(24-17)11-22(26)7-8-23-13-22/h9-10,12,23,25-26H,7-8,11,13H2,1-6H3/t22-/m1/s1. The fraction of sp³-hybridized carbons (Fsp3) is 0.591. The van der Waals surface area contributed by atoms with Crippen LogP contribution in [0.2, 0.25) is 0 Å². The zero-order valence-electron chi connectivity index (χ0n) is 17.3. The molecule has 0 amide bonds. The van der Waals surface area contributed by atoms with Gasteiger partial charge in [-0.3, -0.25) is 0 Å². The van der Waals surface area contributed by atoms with Crippen molar-refractivity contribution in [2.75, 3.05) is 13.1 Å². The molecule has 27 heavy (non-hydrogen) atoms. The van der Waals surface area contributed by atoms with Crippen LogP contribution in [0.1, 0.15) is 64.1 Å². The Balaban J connectivity index is 2.01. The van der Waals surface area contributed by atoms with Crippen molar-refractivity contribution in [1.82, 2.24) is 10.3 Å². The van der Waals surface area contributed by atoms with Crippen molar-refractivity contribution >= 4 is 11.3 Å². The first-order valence-electron chi connectivity index (χ1n) is 9.65. The second-order valence-electron chi connectivity index (χ2n) is 9.87. The minimum absolute atomic E-state index is 0.163. The number of aliphatic hydroxyl groups is 1. The van der Waals surface area contributed by atoms with Gasteiger partial charge in [0.25, 0.3) is 0 Å². The van der Waals surface area contributed by atoms with Gasteiger partial charge in [0.15, 0.2) is 0 Å². The molecule has 3 N–H and O–H groups in total. The molecule has 148 valence electrons. The van der Waals surface area contributed by atoms with Crippen molar-refractivity contribution in [3.63, 3.8) is 0 Å². The van der Waals surface area contributed by atoms with Gasteiger partial charge in [-0.05, 0) is 35.9 Å². The van der Waals surface area contributed by atoms with Gasteiger partial charge in [-0.15, -0.1) is 11.3 Å². The molecule has 0 radical (unpaired) electrons. The van der Waals surface area contributed by atoms with Crippen molar-refractivity contribution in [2.45, 2.75) is 70.8 Å². The zero-order chi connectivity index (χ0) is 20.0. The number of aromatic hydroxyl groups is 1. The lowest BCUT2D eigenvalue weighted by Crippen LogP contribution is -2.33. The Hall–Kier alpha value is -1.43. The Kier molecular flexibility index (Phi) is 5.17. The number of benzene rings is 1. The van der Waals surface area contributed by atoms with Gasteiger partial charge < -0.3 is 15.5 Å².